The molecule has 1 fully saturated rings. The molecule has 1 aliphatic heterocycles. The predicted octanol–water partition coefficient (Wildman–Crippen LogP) is -0.463. The SMILES string of the molecule is Cc1cc(B(O)O)cc(C2CCCNC2)n1. The summed E-state index contributed by atoms with van der Waals surface area (Å²) in [5, 5.41) is 21.7. The zero-order valence-corrected chi connectivity index (χ0v) is 9.48. The second-order valence-corrected chi connectivity index (χ2v) is 4.38. The molecule has 1 aromatic heterocycles. The normalized spacial score (nSPS) is 20.8. The number of hydrogen-bond acceptors (Lipinski definition) is 4. The third kappa shape index (κ3) is 2.61. The van der Waals surface area contributed by atoms with Crippen molar-refractivity contribution in [1.82, 2.24) is 10.3 Å². The van der Waals surface area contributed by atoms with Crippen LogP contribution >= 0.6 is 0 Å². The van der Waals surface area contributed by atoms with Crippen molar-refractivity contribution in [2.24, 2.45) is 0 Å². The molecule has 1 unspecified atom stereocenters. The van der Waals surface area contributed by atoms with Crippen molar-refractivity contribution >= 4 is 12.6 Å². The topological polar surface area (TPSA) is 65.4 Å². The summed E-state index contributed by atoms with van der Waals surface area (Å²) in [6, 6.07) is 3.51. The molecule has 0 radical (unpaired) electrons. The van der Waals surface area contributed by atoms with E-state index in [1.165, 1.54) is 0 Å². The Labute approximate surface area is 95.9 Å². The lowest BCUT2D eigenvalue weighted by molar-refractivity contribution is 0.425. The van der Waals surface area contributed by atoms with Crippen LogP contribution in [0.4, 0.5) is 0 Å². The monoisotopic (exact) mass is 220 g/mol. The van der Waals surface area contributed by atoms with Gasteiger partial charge in [0.2, 0.25) is 0 Å². The molecule has 0 aromatic carbocycles. The van der Waals surface area contributed by atoms with Gasteiger partial charge in [-0.15, -0.1) is 0 Å². The fourth-order valence-corrected chi connectivity index (χ4v) is 2.18. The second kappa shape index (κ2) is 4.95. The molecule has 2 heterocycles. The summed E-state index contributed by atoms with van der Waals surface area (Å²) in [4.78, 5) is 4.48. The molecule has 16 heavy (non-hydrogen) atoms. The van der Waals surface area contributed by atoms with Crippen LogP contribution in [0.3, 0.4) is 0 Å². The van der Waals surface area contributed by atoms with E-state index in [-0.39, 0.29) is 0 Å². The van der Waals surface area contributed by atoms with Crippen LogP contribution in [0.25, 0.3) is 0 Å². The standard InChI is InChI=1S/C11H17BN2O2/c1-8-5-10(12(15)16)6-11(14-8)9-3-2-4-13-7-9/h5-6,9,13,15-16H,2-4,7H2,1H3. The summed E-state index contributed by atoms with van der Waals surface area (Å²) in [5.41, 5.74) is 2.34. The minimum atomic E-state index is -1.41. The highest BCUT2D eigenvalue weighted by atomic mass is 16.4. The van der Waals surface area contributed by atoms with Crippen LogP contribution in [-0.2, 0) is 0 Å². The molecule has 1 atom stereocenters. The number of rotatable bonds is 2. The Kier molecular flexibility index (Phi) is 3.58. The maximum Gasteiger partial charge on any atom is 0.488 e. The maximum atomic E-state index is 9.18. The number of pyridine rings is 1. The van der Waals surface area contributed by atoms with E-state index in [1.807, 2.05) is 6.92 Å². The first-order valence-electron chi connectivity index (χ1n) is 5.72. The summed E-state index contributed by atoms with van der Waals surface area (Å²) in [6.45, 7) is 3.88. The molecule has 1 aliphatic rings. The molecule has 0 saturated carbocycles. The molecule has 0 amide bonds. The highest BCUT2D eigenvalue weighted by Gasteiger charge is 2.19. The lowest BCUT2D eigenvalue weighted by atomic mass is 9.79. The van der Waals surface area contributed by atoms with Gasteiger partial charge in [0.15, 0.2) is 0 Å². The van der Waals surface area contributed by atoms with Crippen LogP contribution < -0.4 is 10.8 Å². The van der Waals surface area contributed by atoms with Gasteiger partial charge >= 0.3 is 7.12 Å². The van der Waals surface area contributed by atoms with Gasteiger partial charge in [0.1, 0.15) is 0 Å². The highest BCUT2D eigenvalue weighted by molar-refractivity contribution is 6.58. The van der Waals surface area contributed by atoms with Crippen molar-refractivity contribution in [3.05, 3.63) is 23.5 Å². The molecule has 0 aliphatic carbocycles. The number of hydrogen-bond donors (Lipinski definition) is 3. The molecular formula is C11H17BN2O2. The average molecular weight is 220 g/mol. The lowest BCUT2D eigenvalue weighted by Crippen LogP contribution is -2.33. The zero-order valence-electron chi connectivity index (χ0n) is 9.48. The van der Waals surface area contributed by atoms with E-state index in [0.717, 1.165) is 37.3 Å². The van der Waals surface area contributed by atoms with Crippen LogP contribution in [0.2, 0.25) is 0 Å². The average Bonchev–Trinajstić information content (AvgIpc) is 2.29. The van der Waals surface area contributed by atoms with Gasteiger partial charge in [-0.3, -0.25) is 4.98 Å². The Hall–Kier alpha value is -0.905. The van der Waals surface area contributed by atoms with E-state index in [4.69, 9.17) is 0 Å². The summed E-state index contributed by atoms with van der Waals surface area (Å²) in [5.74, 6) is 0.395. The third-order valence-corrected chi connectivity index (χ3v) is 3.01. The van der Waals surface area contributed by atoms with Crippen LogP contribution in [0.5, 0.6) is 0 Å². The first-order valence-corrected chi connectivity index (χ1v) is 5.72. The smallest absolute Gasteiger partial charge is 0.423 e. The van der Waals surface area contributed by atoms with Crippen molar-refractivity contribution in [1.29, 1.82) is 0 Å². The van der Waals surface area contributed by atoms with Crippen molar-refractivity contribution in [3.63, 3.8) is 0 Å². The lowest BCUT2D eigenvalue weighted by Gasteiger charge is -2.23. The minimum absolute atomic E-state index is 0.395. The minimum Gasteiger partial charge on any atom is -0.423 e. The van der Waals surface area contributed by atoms with Crippen molar-refractivity contribution < 1.29 is 10.0 Å². The summed E-state index contributed by atoms with van der Waals surface area (Å²) >= 11 is 0. The quantitative estimate of drug-likeness (QED) is 0.590. The molecule has 2 rings (SSSR count). The van der Waals surface area contributed by atoms with Gasteiger partial charge in [-0.25, -0.2) is 0 Å². The molecule has 3 N–H and O–H groups in total. The molecule has 1 aromatic rings. The Balaban J connectivity index is 2.25. The predicted molar refractivity (Wildman–Crippen MR) is 63.6 cm³/mol. The van der Waals surface area contributed by atoms with Gasteiger partial charge in [0.25, 0.3) is 0 Å². The van der Waals surface area contributed by atoms with Crippen molar-refractivity contribution in [3.8, 4) is 0 Å². The Morgan fingerprint density at radius 3 is 2.88 bits per heavy atom. The van der Waals surface area contributed by atoms with Crippen LogP contribution in [0.15, 0.2) is 12.1 Å². The number of nitrogens with zero attached hydrogens (tertiary/aromatic N) is 1. The Morgan fingerprint density at radius 1 is 1.44 bits per heavy atom. The van der Waals surface area contributed by atoms with E-state index in [1.54, 1.807) is 12.1 Å². The third-order valence-electron chi connectivity index (χ3n) is 3.01. The number of aromatic nitrogens is 1. The van der Waals surface area contributed by atoms with Crippen LogP contribution in [0.1, 0.15) is 30.1 Å². The Bertz CT molecular complexity index is 365. The zero-order chi connectivity index (χ0) is 11.5. The summed E-state index contributed by atoms with van der Waals surface area (Å²) < 4.78 is 0. The number of aryl methyl sites for hydroxylation is 1. The summed E-state index contributed by atoms with van der Waals surface area (Å²) in [7, 11) is -1.41. The van der Waals surface area contributed by atoms with Gasteiger partial charge in [-0.05, 0) is 43.9 Å². The number of nitrogens with one attached hydrogen (secondary N) is 1. The van der Waals surface area contributed by atoms with Gasteiger partial charge in [-0.2, -0.15) is 0 Å². The van der Waals surface area contributed by atoms with E-state index in [0.29, 0.717) is 11.4 Å². The summed E-state index contributed by atoms with van der Waals surface area (Å²) in [6.07, 6.45) is 2.27. The van der Waals surface area contributed by atoms with E-state index in [9.17, 15) is 10.0 Å². The molecule has 86 valence electrons. The molecule has 0 bridgehead atoms. The Morgan fingerprint density at radius 2 is 2.25 bits per heavy atom. The second-order valence-electron chi connectivity index (χ2n) is 4.38. The van der Waals surface area contributed by atoms with Gasteiger partial charge in [0.05, 0.1) is 0 Å². The molecule has 0 spiro atoms. The van der Waals surface area contributed by atoms with Crippen LogP contribution in [-0.4, -0.2) is 35.2 Å². The van der Waals surface area contributed by atoms with Gasteiger partial charge < -0.3 is 15.4 Å². The van der Waals surface area contributed by atoms with Gasteiger partial charge in [-0.1, -0.05) is 0 Å². The van der Waals surface area contributed by atoms with E-state index >= 15 is 0 Å². The fraction of sp³-hybridized carbons (Fsp3) is 0.545. The first-order chi connectivity index (χ1) is 7.66. The van der Waals surface area contributed by atoms with Crippen molar-refractivity contribution in [2.75, 3.05) is 13.1 Å². The van der Waals surface area contributed by atoms with Crippen LogP contribution in [0, 0.1) is 6.92 Å². The fourth-order valence-electron chi connectivity index (χ4n) is 2.18. The molecule has 1 saturated heterocycles. The molecule has 5 heteroatoms. The van der Waals surface area contributed by atoms with Crippen molar-refractivity contribution in [2.45, 2.75) is 25.7 Å². The van der Waals surface area contributed by atoms with E-state index < -0.39 is 7.12 Å². The highest BCUT2D eigenvalue weighted by Crippen LogP contribution is 2.20. The van der Waals surface area contributed by atoms with Gasteiger partial charge in [0, 0.05) is 23.9 Å². The molecular weight excluding hydrogens is 203 g/mol. The first kappa shape index (κ1) is 11.6. The largest absolute Gasteiger partial charge is 0.488 e. The maximum absolute atomic E-state index is 9.18. The number of piperidine rings is 1. The van der Waals surface area contributed by atoms with E-state index in [2.05, 4.69) is 10.3 Å². The molecule has 4 nitrogen and oxygen atoms in total.